The minimum absolute atomic E-state index is 0.389. The topological polar surface area (TPSA) is 9.23 Å². The first kappa shape index (κ1) is 6.03. The number of benzene rings is 1. The van der Waals surface area contributed by atoms with Crippen molar-refractivity contribution in [3.63, 3.8) is 0 Å². The van der Waals surface area contributed by atoms with Crippen molar-refractivity contribution < 1.29 is 7.48 Å². The monoisotopic (exact) mass is 228 g/mol. The number of hydrogen-bond donors (Lipinski definition) is 0. The fourth-order valence-electron chi connectivity index (χ4n) is 1.43. The third-order valence-corrected chi connectivity index (χ3v) is 2.31. The minimum Gasteiger partial charge on any atom is -0.493 e. The summed E-state index contributed by atoms with van der Waals surface area (Å²) >= 11 is 3.00. The summed E-state index contributed by atoms with van der Waals surface area (Å²) in [5.41, 5.74) is 2.20. The molecule has 1 heterocycles. The minimum atomic E-state index is -1.32. The van der Waals surface area contributed by atoms with Gasteiger partial charge in [-0.2, -0.15) is 0 Å². The van der Waals surface area contributed by atoms with Gasteiger partial charge in [0.15, 0.2) is 0 Å². The smallest absolute Gasteiger partial charge is 0.122 e. The fraction of sp³-hybridized carbons (Fsp3) is 0.400. The lowest BCUT2D eigenvalue weighted by molar-refractivity contribution is 0.357. The van der Waals surface area contributed by atoms with Gasteiger partial charge >= 0.3 is 0 Å². The Balaban J connectivity index is 2.21. The van der Waals surface area contributed by atoms with Crippen LogP contribution in [0.4, 0.5) is 0 Å². The Morgan fingerprint density at radius 1 is 1.58 bits per heavy atom. The Morgan fingerprint density at radius 2 is 2.50 bits per heavy atom. The van der Waals surface area contributed by atoms with Crippen LogP contribution in [0.5, 0.6) is 5.75 Å². The molecule has 1 aromatic rings. The van der Waals surface area contributed by atoms with E-state index >= 15 is 0 Å². The van der Waals surface area contributed by atoms with Crippen molar-refractivity contribution in [1.82, 2.24) is 0 Å². The molecule has 0 aliphatic carbocycles. The van der Waals surface area contributed by atoms with Gasteiger partial charge in [0, 0.05) is 14.4 Å². The van der Waals surface area contributed by atoms with Crippen molar-refractivity contribution >= 4 is 15.9 Å². The first-order chi connectivity index (χ1) is 6.54. The first-order valence-corrected chi connectivity index (χ1v) is 4.77. The van der Waals surface area contributed by atoms with Crippen LogP contribution in [0.3, 0.4) is 0 Å². The van der Waals surface area contributed by atoms with Gasteiger partial charge in [0.05, 0.1) is 6.61 Å². The van der Waals surface area contributed by atoms with Crippen LogP contribution in [0, 0.1) is 0 Å². The lowest BCUT2D eigenvalue weighted by Crippen LogP contribution is -1.86. The maximum atomic E-state index is 7.42. The summed E-state index contributed by atoms with van der Waals surface area (Å²) in [6.45, 7) is 0.750. The standard InChI is InChI=1S/C10H11BrO/c11-5-3-8-1-2-10-9(7-8)4-6-12-10/h1-2,7H,3-6H2/i5D2. The van der Waals surface area contributed by atoms with Gasteiger partial charge in [-0.1, -0.05) is 28.1 Å². The Hall–Kier alpha value is -0.500. The van der Waals surface area contributed by atoms with Crippen LogP contribution in [-0.4, -0.2) is 11.9 Å². The molecule has 0 bridgehead atoms. The van der Waals surface area contributed by atoms with E-state index in [9.17, 15) is 0 Å². The summed E-state index contributed by atoms with van der Waals surface area (Å²) < 4.78 is 20.2. The number of fused-ring (bicyclic) bond motifs is 1. The van der Waals surface area contributed by atoms with E-state index in [4.69, 9.17) is 7.48 Å². The number of halogens is 1. The molecule has 0 fully saturated rings. The van der Waals surface area contributed by atoms with Gasteiger partial charge < -0.3 is 4.74 Å². The van der Waals surface area contributed by atoms with Crippen LogP contribution >= 0.6 is 15.9 Å². The summed E-state index contributed by atoms with van der Waals surface area (Å²) in [6, 6.07) is 5.88. The molecule has 0 spiro atoms. The molecule has 0 saturated heterocycles. The molecule has 1 aliphatic rings. The summed E-state index contributed by atoms with van der Waals surface area (Å²) in [7, 11) is 0. The zero-order chi connectivity index (χ0) is 10.2. The number of aryl methyl sites for hydroxylation is 1. The van der Waals surface area contributed by atoms with E-state index in [1.807, 2.05) is 18.2 Å². The second-order valence-corrected chi connectivity index (χ2v) is 3.41. The molecule has 0 unspecified atom stereocenters. The van der Waals surface area contributed by atoms with E-state index in [0.717, 1.165) is 24.3 Å². The maximum Gasteiger partial charge on any atom is 0.122 e. The number of ether oxygens (including phenoxy) is 1. The quantitative estimate of drug-likeness (QED) is 0.708. The molecule has 12 heavy (non-hydrogen) atoms. The highest BCUT2D eigenvalue weighted by molar-refractivity contribution is 9.09. The molecule has 1 aliphatic heterocycles. The van der Waals surface area contributed by atoms with Crippen LogP contribution in [-0.2, 0) is 12.8 Å². The van der Waals surface area contributed by atoms with E-state index in [2.05, 4.69) is 15.9 Å². The van der Waals surface area contributed by atoms with Crippen LogP contribution < -0.4 is 4.74 Å². The largest absolute Gasteiger partial charge is 0.493 e. The third-order valence-electron chi connectivity index (χ3n) is 2.02. The maximum absolute atomic E-state index is 7.42. The summed E-state index contributed by atoms with van der Waals surface area (Å²) in [5.74, 6) is 0.948. The molecule has 0 atom stereocenters. The predicted molar refractivity (Wildman–Crippen MR) is 53.1 cm³/mol. The molecule has 0 amide bonds. The second kappa shape index (κ2) is 3.48. The molecule has 1 aromatic carbocycles. The number of alkyl halides is 1. The second-order valence-electron chi connectivity index (χ2n) is 2.85. The van der Waals surface area contributed by atoms with Crippen molar-refractivity contribution in [2.75, 3.05) is 11.9 Å². The summed E-state index contributed by atoms with van der Waals surface area (Å²) in [6.07, 6.45) is 1.33. The van der Waals surface area contributed by atoms with Gasteiger partial charge in [-0.25, -0.2) is 0 Å². The van der Waals surface area contributed by atoms with E-state index in [0.29, 0.717) is 6.42 Å². The summed E-state index contributed by atoms with van der Waals surface area (Å²) in [4.78, 5) is 0. The highest BCUT2D eigenvalue weighted by Gasteiger charge is 2.11. The van der Waals surface area contributed by atoms with Gasteiger partial charge in [-0.3, -0.25) is 0 Å². The highest BCUT2D eigenvalue weighted by Crippen LogP contribution is 2.25. The molecular formula is C10H11BrO. The van der Waals surface area contributed by atoms with E-state index in [-0.39, 0.29) is 0 Å². The van der Waals surface area contributed by atoms with Crippen molar-refractivity contribution in [2.45, 2.75) is 12.8 Å². The highest BCUT2D eigenvalue weighted by atomic mass is 79.9. The Morgan fingerprint density at radius 3 is 3.33 bits per heavy atom. The molecule has 2 rings (SSSR count). The zero-order valence-corrected chi connectivity index (χ0v) is 8.23. The fourth-order valence-corrected chi connectivity index (χ4v) is 1.75. The molecule has 1 nitrogen and oxygen atoms in total. The van der Waals surface area contributed by atoms with Gasteiger partial charge in [0.25, 0.3) is 0 Å². The molecule has 0 saturated carbocycles. The van der Waals surface area contributed by atoms with Crippen molar-refractivity contribution in [2.24, 2.45) is 0 Å². The molecule has 64 valence electrons. The van der Waals surface area contributed by atoms with E-state index in [1.165, 1.54) is 5.56 Å². The van der Waals surface area contributed by atoms with Gasteiger partial charge in [0.1, 0.15) is 5.75 Å². The normalized spacial score (nSPS) is 17.8. The van der Waals surface area contributed by atoms with Crippen LogP contribution in [0.2, 0.25) is 0 Å². The average Bonchev–Trinajstić information content (AvgIpc) is 2.47. The number of hydrogen-bond acceptors (Lipinski definition) is 1. The zero-order valence-electron chi connectivity index (χ0n) is 8.64. The number of rotatable bonds is 2. The van der Waals surface area contributed by atoms with Crippen LogP contribution in [0.1, 0.15) is 13.9 Å². The van der Waals surface area contributed by atoms with Crippen molar-refractivity contribution in [1.29, 1.82) is 0 Å². The third kappa shape index (κ3) is 1.48. The van der Waals surface area contributed by atoms with Crippen LogP contribution in [0.15, 0.2) is 18.2 Å². The molecule has 0 aromatic heterocycles. The molecule has 2 heteroatoms. The average molecular weight is 229 g/mol. The van der Waals surface area contributed by atoms with Crippen molar-refractivity contribution in [3.8, 4) is 5.75 Å². The van der Waals surface area contributed by atoms with Gasteiger partial charge in [0.2, 0.25) is 0 Å². The molecule has 0 N–H and O–H groups in total. The van der Waals surface area contributed by atoms with E-state index in [1.54, 1.807) is 0 Å². The first-order valence-electron chi connectivity index (χ1n) is 4.98. The van der Waals surface area contributed by atoms with Gasteiger partial charge in [-0.05, 0) is 23.6 Å². The predicted octanol–water partition coefficient (Wildman–Crippen LogP) is 2.56. The lowest BCUT2D eigenvalue weighted by atomic mass is 10.1. The molecule has 0 radical (unpaired) electrons. The molecular weight excluding hydrogens is 216 g/mol. The lowest BCUT2D eigenvalue weighted by Gasteiger charge is -2.01. The van der Waals surface area contributed by atoms with Crippen LogP contribution in [0.25, 0.3) is 0 Å². The van der Waals surface area contributed by atoms with E-state index < -0.39 is 5.28 Å². The van der Waals surface area contributed by atoms with Crippen molar-refractivity contribution in [3.05, 3.63) is 29.3 Å². The van der Waals surface area contributed by atoms with Gasteiger partial charge in [-0.15, -0.1) is 0 Å². The Bertz CT molecular complexity index is 346. The Kier molecular flexibility index (Phi) is 1.75. The summed E-state index contributed by atoms with van der Waals surface area (Å²) in [5, 5.41) is -1.32. The SMILES string of the molecule is [2H]C([2H])(Br)Cc1ccc2c(c1)CCO2. The Labute approximate surface area is 83.7 Å².